The Labute approximate surface area is 106 Å². The summed E-state index contributed by atoms with van der Waals surface area (Å²) < 4.78 is 15.5. The molecule has 4 heteroatoms. The summed E-state index contributed by atoms with van der Waals surface area (Å²) in [5.74, 6) is 1.08. The predicted molar refractivity (Wildman–Crippen MR) is 67.9 cm³/mol. The molecule has 1 aromatic carbocycles. The number of methoxy groups -OCH3 is 2. The molecule has 0 spiro atoms. The average Bonchev–Trinajstić information content (AvgIpc) is 2.80. The van der Waals surface area contributed by atoms with E-state index in [4.69, 9.17) is 14.2 Å². The number of hydrogen-bond donors (Lipinski definition) is 0. The van der Waals surface area contributed by atoms with Crippen LogP contribution >= 0.6 is 0 Å². The van der Waals surface area contributed by atoms with Gasteiger partial charge in [-0.05, 0) is 36.3 Å². The van der Waals surface area contributed by atoms with Gasteiger partial charge in [-0.15, -0.1) is 0 Å². The number of benzene rings is 1. The van der Waals surface area contributed by atoms with Crippen molar-refractivity contribution in [3.05, 3.63) is 28.8 Å². The molecule has 0 amide bonds. The lowest BCUT2D eigenvalue weighted by Crippen LogP contribution is -2.07. The SMILES string of the molecule is CCOC(=O)C1=Cc2cc(OC)c(OC)cc2C1. The number of carbonyl (C=O) groups excluding carboxylic acids is 1. The first-order valence-electron chi connectivity index (χ1n) is 5.82. The van der Waals surface area contributed by atoms with Gasteiger partial charge in [-0.1, -0.05) is 0 Å². The summed E-state index contributed by atoms with van der Waals surface area (Å²) >= 11 is 0. The topological polar surface area (TPSA) is 44.8 Å². The number of carbonyl (C=O) groups is 1. The summed E-state index contributed by atoms with van der Waals surface area (Å²) in [6.07, 6.45) is 2.42. The highest BCUT2D eigenvalue weighted by Gasteiger charge is 2.21. The van der Waals surface area contributed by atoms with Gasteiger partial charge in [0.15, 0.2) is 11.5 Å². The molecule has 0 saturated carbocycles. The van der Waals surface area contributed by atoms with Crippen molar-refractivity contribution < 1.29 is 19.0 Å². The van der Waals surface area contributed by atoms with E-state index in [0.717, 1.165) is 11.1 Å². The molecule has 1 aromatic rings. The molecule has 18 heavy (non-hydrogen) atoms. The first-order chi connectivity index (χ1) is 8.69. The molecular weight excluding hydrogens is 232 g/mol. The molecule has 0 radical (unpaired) electrons. The zero-order chi connectivity index (χ0) is 13.1. The first kappa shape index (κ1) is 12.5. The van der Waals surface area contributed by atoms with Crippen LogP contribution in [0.3, 0.4) is 0 Å². The molecule has 0 N–H and O–H groups in total. The predicted octanol–water partition coefficient (Wildman–Crippen LogP) is 2.21. The van der Waals surface area contributed by atoms with E-state index < -0.39 is 0 Å². The maximum atomic E-state index is 11.7. The van der Waals surface area contributed by atoms with Gasteiger partial charge in [0.2, 0.25) is 0 Å². The van der Waals surface area contributed by atoms with Crippen LogP contribution in [-0.2, 0) is 16.0 Å². The Morgan fingerprint density at radius 1 is 1.22 bits per heavy atom. The summed E-state index contributed by atoms with van der Waals surface area (Å²) in [4.78, 5) is 11.7. The standard InChI is InChI=1S/C14H16O4/c1-4-18-14(15)11-5-9-7-12(16-2)13(17-3)8-10(9)6-11/h5,7-8H,4,6H2,1-3H3. The van der Waals surface area contributed by atoms with E-state index in [9.17, 15) is 4.79 Å². The summed E-state index contributed by atoms with van der Waals surface area (Å²) in [5.41, 5.74) is 2.70. The fraction of sp³-hybridized carbons (Fsp3) is 0.357. The lowest BCUT2D eigenvalue weighted by atomic mass is 10.1. The maximum Gasteiger partial charge on any atom is 0.334 e. The zero-order valence-electron chi connectivity index (χ0n) is 10.8. The van der Waals surface area contributed by atoms with Gasteiger partial charge in [0.1, 0.15) is 0 Å². The van der Waals surface area contributed by atoms with E-state index in [0.29, 0.717) is 30.1 Å². The van der Waals surface area contributed by atoms with Gasteiger partial charge >= 0.3 is 5.97 Å². The molecule has 1 aliphatic carbocycles. The van der Waals surface area contributed by atoms with Crippen LogP contribution in [0.25, 0.3) is 6.08 Å². The van der Waals surface area contributed by atoms with E-state index >= 15 is 0 Å². The minimum absolute atomic E-state index is 0.258. The number of hydrogen-bond acceptors (Lipinski definition) is 4. The summed E-state index contributed by atoms with van der Waals surface area (Å²) in [5, 5.41) is 0. The molecule has 0 atom stereocenters. The van der Waals surface area contributed by atoms with E-state index in [-0.39, 0.29) is 5.97 Å². The van der Waals surface area contributed by atoms with Gasteiger partial charge in [-0.2, -0.15) is 0 Å². The summed E-state index contributed by atoms with van der Waals surface area (Å²) in [7, 11) is 3.19. The third-order valence-corrected chi connectivity index (χ3v) is 2.89. The minimum Gasteiger partial charge on any atom is -0.493 e. The number of rotatable bonds is 4. The van der Waals surface area contributed by atoms with Crippen molar-refractivity contribution in [1.29, 1.82) is 0 Å². The molecule has 0 aliphatic heterocycles. The average molecular weight is 248 g/mol. The molecule has 4 nitrogen and oxygen atoms in total. The van der Waals surface area contributed by atoms with Crippen LogP contribution in [0.5, 0.6) is 11.5 Å². The van der Waals surface area contributed by atoms with Gasteiger partial charge in [0, 0.05) is 12.0 Å². The molecule has 96 valence electrons. The van der Waals surface area contributed by atoms with Crippen molar-refractivity contribution in [3.8, 4) is 11.5 Å². The van der Waals surface area contributed by atoms with Crippen LogP contribution in [0.4, 0.5) is 0 Å². The van der Waals surface area contributed by atoms with Gasteiger partial charge < -0.3 is 14.2 Å². The van der Waals surface area contributed by atoms with E-state index in [1.54, 1.807) is 21.1 Å². The molecule has 0 aromatic heterocycles. The van der Waals surface area contributed by atoms with Gasteiger partial charge in [-0.3, -0.25) is 0 Å². The quantitative estimate of drug-likeness (QED) is 0.766. The lowest BCUT2D eigenvalue weighted by molar-refractivity contribution is -0.138. The Bertz CT molecular complexity index is 503. The normalized spacial score (nSPS) is 12.7. The fourth-order valence-corrected chi connectivity index (χ4v) is 2.02. The van der Waals surface area contributed by atoms with Crippen molar-refractivity contribution in [2.24, 2.45) is 0 Å². The Morgan fingerprint density at radius 2 is 1.89 bits per heavy atom. The van der Waals surface area contributed by atoms with E-state index in [1.807, 2.05) is 18.2 Å². The van der Waals surface area contributed by atoms with Gasteiger partial charge in [0.25, 0.3) is 0 Å². The van der Waals surface area contributed by atoms with Gasteiger partial charge in [-0.25, -0.2) is 4.79 Å². The van der Waals surface area contributed by atoms with Crippen molar-refractivity contribution in [3.63, 3.8) is 0 Å². The fourth-order valence-electron chi connectivity index (χ4n) is 2.02. The van der Waals surface area contributed by atoms with Crippen LogP contribution in [0, 0.1) is 0 Å². The molecule has 0 heterocycles. The molecule has 0 bridgehead atoms. The molecule has 0 saturated heterocycles. The van der Waals surface area contributed by atoms with Crippen LogP contribution < -0.4 is 9.47 Å². The van der Waals surface area contributed by atoms with Gasteiger partial charge in [0.05, 0.1) is 20.8 Å². The van der Waals surface area contributed by atoms with Crippen molar-refractivity contribution in [2.45, 2.75) is 13.3 Å². The number of esters is 1. The minimum atomic E-state index is -0.258. The van der Waals surface area contributed by atoms with Crippen molar-refractivity contribution >= 4 is 12.0 Å². The molecule has 0 unspecified atom stereocenters. The Hall–Kier alpha value is -1.97. The monoisotopic (exact) mass is 248 g/mol. The van der Waals surface area contributed by atoms with E-state index in [1.165, 1.54) is 0 Å². The third kappa shape index (κ3) is 2.18. The number of ether oxygens (including phenoxy) is 3. The molecule has 2 rings (SSSR count). The second-order valence-corrected chi connectivity index (χ2v) is 3.97. The smallest absolute Gasteiger partial charge is 0.334 e. The summed E-state index contributed by atoms with van der Waals surface area (Å²) in [6, 6.07) is 3.78. The highest BCUT2D eigenvalue weighted by Crippen LogP contribution is 2.36. The largest absolute Gasteiger partial charge is 0.493 e. The first-order valence-corrected chi connectivity index (χ1v) is 5.82. The van der Waals surface area contributed by atoms with Crippen LogP contribution in [-0.4, -0.2) is 26.8 Å². The maximum absolute atomic E-state index is 11.7. The Kier molecular flexibility index (Phi) is 3.55. The van der Waals surface area contributed by atoms with Crippen LogP contribution in [0.2, 0.25) is 0 Å². The second-order valence-electron chi connectivity index (χ2n) is 3.97. The highest BCUT2D eigenvalue weighted by atomic mass is 16.5. The van der Waals surface area contributed by atoms with E-state index in [2.05, 4.69) is 0 Å². The molecule has 0 fully saturated rings. The summed E-state index contributed by atoms with van der Waals surface area (Å²) in [6.45, 7) is 2.19. The van der Waals surface area contributed by atoms with Crippen molar-refractivity contribution in [2.75, 3.05) is 20.8 Å². The second kappa shape index (κ2) is 5.12. The van der Waals surface area contributed by atoms with Crippen LogP contribution in [0.1, 0.15) is 18.1 Å². The third-order valence-electron chi connectivity index (χ3n) is 2.89. The van der Waals surface area contributed by atoms with Crippen LogP contribution in [0.15, 0.2) is 17.7 Å². The number of fused-ring (bicyclic) bond motifs is 1. The lowest BCUT2D eigenvalue weighted by Gasteiger charge is -2.09. The highest BCUT2D eigenvalue weighted by molar-refractivity contribution is 5.96. The van der Waals surface area contributed by atoms with Crippen molar-refractivity contribution in [1.82, 2.24) is 0 Å². The Morgan fingerprint density at radius 3 is 2.50 bits per heavy atom. The molecular formula is C14H16O4. The molecule has 1 aliphatic rings. The Balaban J connectivity index is 2.30. The zero-order valence-corrected chi connectivity index (χ0v) is 10.8.